The van der Waals surface area contributed by atoms with E-state index in [1.54, 1.807) is 0 Å². The second-order valence-corrected chi connectivity index (χ2v) is 5.26. The SMILES string of the molecule is Cn1cc(CCCN)c2cc(-c3ccccc3)ccc21. The third kappa shape index (κ3) is 2.35. The van der Waals surface area contributed by atoms with Gasteiger partial charge in [-0.3, -0.25) is 0 Å². The molecule has 0 unspecified atom stereocenters. The molecule has 0 spiro atoms. The van der Waals surface area contributed by atoms with Crippen LogP contribution < -0.4 is 5.73 Å². The van der Waals surface area contributed by atoms with Crippen molar-refractivity contribution in [2.45, 2.75) is 12.8 Å². The summed E-state index contributed by atoms with van der Waals surface area (Å²) in [5.74, 6) is 0. The van der Waals surface area contributed by atoms with Gasteiger partial charge in [0.1, 0.15) is 0 Å². The maximum Gasteiger partial charge on any atom is 0.0480 e. The lowest BCUT2D eigenvalue weighted by molar-refractivity contribution is 0.830. The number of nitrogens with two attached hydrogens (primary N) is 1. The van der Waals surface area contributed by atoms with E-state index >= 15 is 0 Å². The first-order chi connectivity index (χ1) is 9.79. The lowest BCUT2D eigenvalue weighted by Gasteiger charge is -2.04. The Hall–Kier alpha value is -2.06. The fourth-order valence-electron chi connectivity index (χ4n) is 2.78. The van der Waals surface area contributed by atoms with Gasteiger partial charge in [0.05, 0.1) is 0 Å². The van der Waals surface area contributed by atoms with Crippen molar-refractivity contribution >= 4 is 10.9 Å². The Morgan fingerprint density at radius 1 is 1.00 bits per heavy atom. The molecule has 0 atom stereocenters. The van der Waals surface area contributed by atoms with Gasteiger partial charge in [-0.15, -0.1) is 0 Å². The van der Waals surface area contributed by atoms with Gasteiger partial charge in [0.2, 0.25) is 0 Å². The van der Waals surface area contributed by atoms with Crippen LogP contribution in [0.5, 0.6) is 0 Å². The van der Waals surface area contributed by atoms with Crippen molar-refractivity contribution in [3.63, 3.8) is 0 Å². The summed E-state index contributed by atoms with van der Waals surface area (Å²) < 4.78 is 2.20. The second-order valence-electron chi connectivity index (χ2n) is 5.26. The first kappa shape index (κ1) is 12.9. The van der Waals surface area contributed by atoms with Gasteiger partial charge in [-0.2, -0.15) is 0 Å². The van der Waals surface area contributed by atoms with Crippen LogP contribution in [-0.2, 0) is 13.5 Å². The highest BCUT2D eigenvalue weighted by Gasteiger charge is 2.07. The molecule has 0 saturated carbocycles. The van der Waals surface area contributed by atoms with Gasteiger partial charge in [-0.05, 0) is 48.2 Å². The molecule has 3 aromatic rings. The van der Waals surface area contributed by atoms with E-state index in [-0.39, 0.29) is 0 Å². The molecule has 0 aliphatic carbocycles. The number of hydrogen-bond donors (Lipinski definition) is 1. The monoisotopic (exact) mass is 264 g/mol. The van der Waals surface area contributed by atoms with Gasteiger partial charge >= 0.3 is 0 Å². The molecule has 0 fully saturated rings. The quantitative estimate of drug-likeness (QED) is 0.764. The van der Waals surface area contributed by atoms with Crippen LogP contribution in [0.3, 0.4) is 0 Å². The number of aryl methyl sites for hydroxylation is 2. The summed E-state index contributed by atoms with van der Waals surface area (Å²) in [5.41, 5.74) is 10.9. The molecule has 2 heteroatoms. The van der Waals surface area contributed by atoms with Crippen LogP contribution in [0.2, 0.25) is 0 Å². The summed E-state index contributed by atoms with van der Waals surface area (Å²) in [6.45, 7) is 0.745. The van der Waals surface area contributed by atoms with Crippen molar-refractivity contribution < 1.29 is 0 Å². The van der Waals surface area contributed by atoms with Gasteiger partial charge in [0, 0.05) is 24.1 Å². The highest BCUT2D eigenvalue weighted by atomic mass is 14.9. The number of rotatable bonds is 4. The first-order valence-corrected chi connectivity index (χ1v) is 7.13. The molecular weight excluding hydrogens is 244 g/mol. The molecule has 2 aromatic carbocycles. The number of nitrogens with zero attached hydrogens (tertiary/aromatic N) is 1. The Kier molecular flexibility index (Phi) is 3.57. The van der Waals surface area contributed by atoms with Crippen LogP contribution in [0.1, 0.15) is 12.0 Å². The van der Waals surface area contributed by atoms with E-state index < -0.39 is 0 Å². The number of hydrogen-bond acceptors (Lipinski definition) is 1. The maximum atomic E-state index is 5.64. The second kappa shape index (κ2) is 5.51. The van der Waals surface area contributed by atoms with Crippen LogP contribution in [-0.4, -0.2) is 11.1 Å². The molecule has 0 amide bonds. The van der Waals surface area contributed by atoms with Crippen LogP contribution >= 0.6 is 0 Å². The first-order valence-electron chi connectivity index (χ1n) is 7.13. The topological polar surface area (TPSA) is 30.9 Å². The minimum Gasteiger partial charge on any atom is -0.350 e. The van der Waals surface area contributed by atoms with E-state index in [0.29, 0.717) is 0 Å². The zero-order valence-corrected chi connectivity index (χ0v) is 11.8. The number of benzene rings is 2. The summed E-state index contributed by atoms with van der Waals surface area (Å²) in [7, 11) is 2.11. The molecule has 2 N–H and O–H groups in total. The Morgan fingerprint density at radius 2 is 1.80 bits per heavy atom. The average molecular weight is 264 g/mol. The van der Waals surface area contributed by atoms with Crippen LogP contribution in [0.4, 0.5) is 0 Å². The highest BCUT2D eigenvalue weighted by Crippen LogP contribution is 2.28. The Bertz CT molecular complexity index is 711. The Labute approximate surface area is 119 Å². The largest absolute Gasteiger partial charge is 0.350 e. The van der Waals surface area contributed by atoms with Crippen molar-refractivity contribution in [1.29, 1.82) is 0 Å². The van der Waals surface area contributed by atoms with E-state index in [2.05, 4.69) is 66.3 Å². The highest BCUT2D eigenvalue weighted by molar-refractivity contribution is 5.88. The fourth-order valence-corrected chi connectivity index (χ4v) is 2.78. The summed E-state index contributed by atoms with van der Waals surface area (Å²) >= 11 is 0. The normalized spacial score (nSPS) is 11.1. The third-order valence-electron chi connectivity index (χ3n) is 3.83. The lowest BCUT2D eigenvalue weighted by atomic mass is 10.0. The van der Waals surface area contributed by atoms with Crippen molar-refractivity contribution in [3.05, 3.63) is 60.3 Å². The van der Waals surface area contributed by atoms with E-state index in [4.69, 9.17) is 5.73 Å². The molecule has 3 rings (SSSR count). The molecule has 0 radical (unpaired) electrons. The van der Waals surface area contributed by atoms with Crippen LogP contribution in [0.15, 0.2) is 54.7 Å². The van der Waals surface area contributed by atoms with Crippen molar-refractivity contribution in [2.24, 2.45) is 12.8 Å². The summed E-state index contributed by atoms with van der Waals surface area (Å²) in [5, 5.41) is 1.35. The zero-order valence-electron chi connectivity index (χ0n) is 11.8. The van der Waals surface area contributed by atoms with Crippen LogP contribution in [0.25, 0.3) is 22.0 Å². The van der Waals surface area contributed by atoms with Gasteiger partial charge < -0.3 is 10.3 Å². The molecule has 0 aliphatic heterocycles. The molecule has 2 nitrogen and oxygen atoms in total. The maximum absolute atomic E-state index is 5.64. The zero-order chi connectivity index (χ0) is 13.9. The predicted octanol–water partition coefficient (Wildman–Crippen LogP) is 3.74. The summed E-state index contributed by atoms with van der Waals surface area (Å²) in [6, 6.07) is 17.2. The van der Waals surface area contributed by atoms with E-state index in [1.807, 2.05) is 0 Å². The molecule has 0 saturated heterocycles. The van der Waals surface area contributed by atoms with Crippen molar-refractivity contribution in [1.82, 2.24) is 4.57 Å². The fraction of sp³-hybridized carbons (Fsp3) is 0.222. The molecule has 1 heterocycles. The van der Waals surface area contributed by atoms with E-state index in [0.717, 1.165) is 19.4 Å². The van der Waals surface area contributed by atoms with Crippen molar-refractivity contribution in [2.75, 3.05) is 6.54 Å². The molecule has 102 valence electrons. The van der Waals surface area contributed by atoms with Gasteiger partial charge in [-0.1, -0.05) is 36.4 Å². The van der Waals surface area contributed by atoms with E-state index in [1.165, 1.54) is 27.6 Å². The lowest BCUT2D eigenvalue weighted by Crippen LogP contribution is -1.99. The van der Waals surface area contributed by atoms with Gasteiger partial charge in [0.25, 0.3) is 0 Å². The van der Waals surface area contributed by atoms with Gasteiger partial charge in [0.15, 0.2) is 0 Å². The standard InChI is InChI=1S/C18H20N2/c1-20-13-16(8-5-11-19)17-12-15(9-10-18(17)20)14-6-3-2-4-7-14/h2-4,6-7,9-10,12-13H,5,8,11,19H2,1H3. The molecule has 20 heavy (non-hydrogen) atoms. The minimum atomic E-state index is 0.745. The number of fused-ring (bicyclic) bond motifs is 1. The number of aromatic nitrogens is 1. The molecular formula is C18H20N2. The molecule has 0 aliphatic rings. The van der Waals surface area contributed by atoms with Gasteiger partial charge in [-0.25, -0.2) is 0 Å². The third-order valence-corrected chi connectivity index (χ3v) is 3.83. The smallest absolute Gasteiger partial charge is 0.0480 e. The molecule has 1 aromatic heterocycles. The minimum absolute atomic E-state index is 0.745. The average Bonchev–Trinajstić information content (AvgIpc) is 2.82. The summed E-state index contributed by atoms with van der Waals surface area (Å²) in [4.78, 5) is 0. The Balaban J connectivity index is 2.09. The van der Waals surface area contributed by atoms with Crippen molar-refractivity contribution in [3.8, 4) is 11.1 Å². The Morgan fingerprint density at radius 3 is 2.55 bits per heavy atom. The predicted molar refractivity (Wildman–Crippen MR) is 85.7 cm³/mol. The molecule has 0 bridgehead atoms. The van der Waals surface area contributed by atoms with Crippen LogP contribution in [0, 0.1) is 0 Å². The summed E-state index contributed by atoms with van der Waals surface area (Å²) in [6.07, 6.45) is 4.32. The van der Waals surface area contributed by atoms with E-state index in [9.17, 15) is 0 Å².